The normalized spacial score (nSPS) is 20.1. The maximum atomic E-state index is 13.0. The summed E-state index contributed by atoms with van der Waals surface area (Å²) in [5.41, 5.74) is 0.0451. The van der Waals surface area contributed by atoms with E-state index in [0.29, 0.717) is 49.4 Å². The number of furan rings is 1. The average molecular weight is 411 g/mol. The molecule has 0 unspecified atom stereocenters. The predicted octanol–water partition coefficient (Wildman–Crippen LogP) is 1.51. The number of hydrogen-bond acceptors (Lipinski definition) is 8. The highest BCUT2D eigenvalue weighted by Gasteiger charge is 2.37. The highest BCUT2D eigenvalue weighted by atomic mass is 16.7. The number of imide groups is 2. The van der Waals surface area contributed by atoms with Crippen LogP contribution in [-0.4, -0.2) is 50.9 Å². The maximum absolute atomic E-state index is 13.0. The fraction of sp³-hybridized carbons (Fsp3) is 0.250. The molecular weight excluding hydrogens is 394 g/mol. The SMILES string of the molecule is O=C1NC(=O)N(c2ccc3c(c2)OCO3)C(=O)/C1=C\c1ccc(N2CCOCC2)o1. The van der Waals surface area contributed by atoms with Gasteiger partial charge in [0, 0.05) is 25.2 Å². The smallest absolute Gasteiger partial charge is 0.335 e. The van der Waals surface area contributed by atoms with Crippen LogP contribution < -0.4 is 24.6 Å². The second-order valence-corrected chi connectivity index (χ2v) is 6.77. The lowest BCUT2D eigenvalue weighted by Crippen LogP contribution is -2.54. The molecule has 1 aromatic heterocycles. The molecule has 0 bridgehead atoms. The van der Waals surface area contributed by atoms with Gasteiger partial charge in [-0.1, -0.05) is 0 Å². The van der Waals surface area contributed by atoms with E-state index in [4.69, 9.17) is 18.6 Å². The van der Waals surface area contributed by atoms with Gasteiger partial charge >= 0.3 is 6.03 Å². The van der Waals surface area contributed by atoms with Crippen molar-refractivity contribution in [1.29, 1.82) is 0 Å². The first kappa shape index (κ1) is 18.3. The summed E-state index contributed by atoms with van der Waals surface area (Å²) in [6.45, 7) is 2.65. The van der Waals surface area contributed by atoms with E-state index >= 15 is 0 Å². The Kier molecular flexibility index (Phi) is 4.40. The molecule has 2 aromatic rings. The predicted molar refractivity (Wildman–Crippen MR) is 103 cm³/mol. The molecule has 0 saturated carbocycles. The zero-order valence-electron chi connectivity index (χ0n) is 15.8. The van der Waals surface area contributed by atoms with Crippen LogP contribution in [-0.2, 0) is 14.3 Å². The Morgan fingerprint density at radius 3 is 2.60 bits per heavy atom. The first-order chi connectivity index (χ1) is 14.6. The topological polar surface area (TPSA) is 111 Å². The Bertz CT molecular complexity index is 1070. The summed E-state index contributed by atoms with van der Waals surface area (Å²) in [6, 6.07) is 7.25. The van der Waals surface area contributed by atoms with Crippen LogP contribution in [0, 0.1) is 0 Å². The molecule has 30 heavy (non-hydrogen) atoms. The molecule has 0 aliphatic carbocycles. The molecule has 0 atom stereocenters. The zero-order valence-corrected chi connectivity index (χ0v) is 15.8. The Balaban J connectivity index is 1.43. The van der Waals surface area contributed by atoms with Gasteiger partial charge in [-0.2, -0.15) is 0 Å². The van der Waals surface area contributed by atoms with Gasteiger partial charge in [0.15, 0.2) is 17.4 Å². The lowest BCUT2D eigenvalue weighted by atomic mass is 10.1. The first-order valence-electron chi connectivity index (χ1n) is 9.34. The fourth-order valence-electron chi connectivity index (χ4n) is 3.43. The molecule has 0 spiro atoms. The van der Waals surface area contributed by atoms with Crippen molar-refractivity contribution < 1.29 is 33.0 Å². The van der Waals surface area contributed by atoms with E-state index < -0.39 is 17.8 Å². The summed E-state index contributed by atoms with van der Waals surface area (Å²) in [5, 5.41) is 2.18. The standard InChI is InChI=1S/C20H17N3O7/c24-18-14(10-13-2-4-17(30-13)22-5-7-27-8-6-22)19(25)23(20(26)21-18)12-1-3-15-16(9-12)29-11-28-15/h1-4,9-10H,5-8,11H2,(H,21,24,26)/b14-10-. The molecule has 4 heterocycles. The van der Waals surface area contributed by atoms with Crippen molar-refractivity contribution in [2.24, 2.45) is 0 Å². The van der Waals surface area contributed by atoms with Crippen LogP contribution in [0.25, 0.3) is 6.08 Å². The molecule has 4 amide bonds. The van der Waals surface area contributed by atoms with Crippen molar-refractivity contribution in [3.8, 4) is 11.5 Å². The van der Waals surface area contributed by atoms with Crippen LogP contribution in [0.3, 0.4) is 0 Å². The number of barbiturate groups is 1. The Morgan fingerprint density at radius 1 is 0.967 bits per heavy atom. The van der Waals surface area contributed by atoms with Crippen molar-refractivity contribution in [1.82, 2.24) is 5.32 Å². The van der Waals surface area contributed by atoms with E-state index in [-0.39, 0.29) is 18.1 Å². The second-order valence-electron chi connectivity index (χ2n) is 6.77. The quantitative estimate of drug-likeness (QED) is 0.598. The molecule has 3 aliphatic rings. The number of urea groups is 1. The summed E-state index contributed by atoms with van der Waals surface area (Å²) in [4.78, 5) is 40.6. The second kappa shape index (κ2) is 7.23. The summed E-state index contributed by atoms with van der Waals surface area (Å²) >= 11 is 0. The van der Waals surface area contributed by atoms with Crippen LogP contribution in [0.1, 0.15) is 5.76 Å². The minimum Gasteiger partial charge on any atom is -0.454 e. The van der Waals surface area contributed by atoms with Gasteiger partial charge in [-0.15, -0.1) is 0 Å². The number of amides is 4. The van der Waals surface area contributed by atoms with Gasteiger partial charge in [0.05, 0.1) is 18.9 Å². The minimum absolute atomic E-state index is 0.0620. The number of carbonyl (C=O) groups is 3. The molecule has 0 radical (unpaired) electrons. The third kappa shape index (κ3) is 3.16. The molecule has 10 heteroatoms. The highest BCUT2D eigenvalue weighted by Crippen LogP contribution is 2.36. The fourth-order valence-corrected chi connectivity index (χ4v) is 3.43. The molecular formula is C20H17N3O7. The number of carbonyl (C=O) groups excluding carboxylic acids is 3. The van der Waals surface area contributed by atoms with Gasteiger partial charge in [0.1, 0.15) is 11.3 Å². The van der Waals surface area contributed by atoms with Crippen molar-refractivity contribution in [3.63, 3.8) is 0 Å². The van der Waals surface area contributed by atoms with Crippen molar-refractivity contribution >= 4 is 35.5 Å². The highest BCUT2D eigenvalue weighted by molar-refractivity contribution is 6.39. The molecule has 1 aromatic carbocycles. The van der Waals surface area contributed by atoms with Crippen molar-refractivity contribution in [2.45, 2.75) is 0 Å². The molecule has 154 valence electrons. The number of benzene rings is 1. The third-order valence-corrected chi connectivity index (χ3v) is 4.94. The average Bonchev–Trinajstić information content (AvgIpc) is 3.41. The summed E-state index contributed by atoms with van der Waals surface area (Å²) in [7, 11) is 0. The number of nitrogens with one attached hydrogen (secondary N) is 1. The molecule has 2 fully saturated rings. The Hall–Kier alpha value is -3.79. The third-order valence-electron chi connectivity index (χ3n) is 4.94. The van der Waals surface area contributed by atoms with Gasteiger partial charge in [-0.3, -0.25) is 14.9 Å². The van der Waals surface area contributed by atoms with Gasteiger partial charge < -0.3 is 23.5 Å². The number of hydrogen-bond donors (Lipinski definition) is 1. The van der Waals surface area contributed by atoms with Crippen molar-refractivity contribution in [2.75, 3.05) is 42.9 Å². The summed E-state index contributed by atoms with van der Waals surface area (Å²) in [6.07, 6.45) is 1.33. The van der Waals surface area contributed by atoms with Gasteiger partial charge in [-0.25, -0.2) is 9.69 Å². The van der Waals surface area contributed by atoms with Crippen LogP contribution in [0.4, 0.5) is 16.4 Å². The van der Waals surface area contributed by atoms with E-state index in [1.54, 1.807) is 24.3 Å². The largest absolute Gasteiger partial charge is 0.454 e. The first-order valence-corrected chi connectivity index (χ1v) is 9.34. The number of nitrogens with zero attached hydrogens (tertiary/aromatic N) is 2. The number of anilines is 2. The van der Waals surface area contributed by atoms with E-state index in [1.807, 2.05) is 4.90 Å². The van der Waals surface area contributed by atoms with Crippen LogP contribution in [0.15, 0.2) is 40.3 Å². The van der Waals surface area contributed by atoms with E-state index in [2.05, 4.69) is 5.32 Å². The number of fused-ring (bicyclic) bond motifs is 1. The van der Waals surface area contributed by atoms with Crippen LogP contribution >= 0.6 is 0 Å². The summed E-state index contributed by atoms with van der Waals surface area (Å²) in [5.74, 6) is 0.337. The molecule has 3 aliphatic heterocycles. The van der Waals surface area contributed by atoms with Gasteiger partial charge in [0.2, 0.25) is 6.79 Å². The van der Waals surface area contributed by atoms with E-state index in [9.17, 15) is 14.4 Å². The lowest BCUT2D eigenvalue weighted by Gasteiger charge is -2.26. The maximum Gasteiger partial charge on any atom is 0.335 e. The lowest BCUT2D eigenvalue weighted by molar-refractivity contribution is -0.122. The number of ether oxygens (including phenoxy) is 3. The zero-order chi connectivity index (χ0) is 20.7. The number of rotatable bonds is 3. The Morgan fingerprint density at radius 2 is 1.77 bits per heavy atom. The van der Waals surface area contributed by atoms with Gasteiger partial charge in [0.25, 0.3) is 11.8 Å². The monoisotopic (exact) mass is 411 g/mol. The van der Waals surface area contributed by atoms with E-state index in [1.165, 1.54) is 12.1 Å². The van der Waals surface area contributed by atoms with Crippen LogP contribution in [0.2, 0.25) is 0 Å². The molecule has 10 nitrogen and oxygen atoms in total. The van der Waals surface area contributed by atoms with Crippen LogP contribution in [0.5, 0.6) is 11.5 Å². The van der Waals surface area contributed by atoms with E-state index in [0.717, 1.165) is 4.90 Å². The Labute approximate surface area is 170 Å². The van der Waals surface area contributed by atoms with Crippen molar-refractivity contribution in [3.05, 3.63) is 41.7 Å². The van der Waals surface area contributed by atoms with Gasteiger partial charge in [-0.05, 0) is 24.3 Å². The molecule has 2 saturated heterocycles. The molecule has 5 rings (SSSR count). The minimum atomic E-state index is -0.838. The number of morpholine rings is 1. The summed E-state index contributed by atoms with van der Waals surface area (Å²) < 4.78 is 21.6. The molecule has 1 N–H and O–H groups in total.